The lowest BCUT2D eigenvalue weighted by Gasteiger charge is -2.34. The maximum Gasteiger partial charge on any atom is 0.261 e. The van der Waals surface area contributed by atoms with Gasteiger partial charge in [-0.05, 0) is 115 Å². The molecule has 1 fully saturated rings. The number of nitrogens with zero attached hydrogens (tertiary/aromatic N) is 2. The molecule has 3 aliphatic heterocycles. The van der Waals surface area contributed by atoms with Crippen LogP contribution in [0.2, 0.25) is 0 Å². The SMILES string of the molecule is CCCCCC(C)N1C(=O)c2ccc3c4c(-c5cc6c(s5)-c5sc(C)cc5C65OCCO5)cc5c6c(ccc(c7c(C)cc(c2c37)C1=O)c64)C(=O)N(C(C)CCCCC)C5=O. The monoisotopic (exact) mass is 848 g/mol. The lowest BCUT2D eigenvalue weighted by molar-refractivity contribution is -0.126. The van der Waals surface area contributed by atoms with Gasteiger partial charge in [0.2, 0.25) is 5.79 Å². The van der Waals surface area contributed by atoms with Gasteiger partial charge in [-0.25, -0.2) is 0 Å². The first-order valence-corrected chi connectivity index (χ1v) is 23.7. The number of rotatable bonds is 11. The zero-order chi connectivity index (χ0) is 42.2. The Morgan fingerprint density at radius 3 is 1.67 bits per heavy atom. The van der Waals surface area contributed by atoms with Crippen molar-refractivity contribution >= 4 is 89.4 Å². The van der Waals surface area contributed by atoms with E-state index in [0.29, 0.717) is 46.2 Å². The van der Waals surface area contributed by atoms with E-state index in [4.69, 9.17) is 9.47 Å². The molecule has 310 valence electrons. The molecule has 4 aliphatic rings. The van der Waals surface area contributed by atoms with Gasteiger partial charge in [0.05, 0.1) is 23.0 Å². The Hall–Kier alpha value is -5.00. The van der Waals surface area contributed by atoms with Gasteiger partial charge in [0.25, 0.3) is 23.6 Å². The predicted molar refractivity (Wildman–Crippen MR) is 245 cm³/mol. The van der Waals surface area contributed by atoms with Crippen molar-refractivity contribution in [1.29, 1.82) is 0 Å². The molecule has 0 saturated carbocycles. The van der Waals surface area contributed by atoms with Gasteiger partial charge in [-0.3, -0.25) is 29.0 Å². The molecule has 0 radical (unpaired) electrons. The Morgan fingerprint density at radius 2 is 1.08 bits per heavy atom. The number of ether oxygens (including phenoxy) is 2. The van der Waals surface area contributed by atoms with E-state index in [1.54, 1.807) is 22.7 Å². The highest BCUT2D eigenvalue weighted by Gasteiger charge is 2.51. The van der Waals surface area contributed by atoms with Crippen molar-refractivity contribution in [1.82, 2.24) is 9.80 Å². The molecule has 11 rings (SSSR count). The second-order valence-corrected chi connectivity index (χ2v) is 20.0. The zero-order valence-electron chi connectivity index (χ0n) is 35.5. The van der Waals surface area contributed by atoms with Gasteiger partial charge in [-0.1, -0.05) is 64.5 Å². The molecule has 10 heteroatoms. The van der Waals surface area contributed by atoms with Gasteiger partial charge < -0.3 is 9.47 Å². The molecular formula is C51H48N2O6S2. The highest BCUT2D eigenvalue weighted by atomic mass is 32.1. The van der Waals surface area contributed by atoms with Crippen molar-refractivity contribution in [3.05, 3.63) is 92.4 Å². The molecule has 2 unspecified atom stereocenters. The van der Waals surface area contributed by atoms with Crippen LogP contribution in [0.3, 0.4) is 0 Å². The first-order valence-electron chi connectivity index (χ1n) is 22.0. The Bertz CT molecular complexity index is 3080. The molecule has 0 bridgehead atoms. The average molecular weight is 849 g/mol. The molecule has 5 aromatic carbocycles. The first kappa shape index (κ1) is 38.9. The van der Waals surface area contributed by atoms with Crippen molar-refractivity contribution in [3.63, 3.8) is 0 Å². The fourth-order valence-corrected chi connectivity index (χ4v) is 13.5. The summed E-state index contributed by atoms with van der Waals surface area (Å²) in [6.07, 6.45) is 7.56. The first-order chi connectivity index (χ1) is 29.5. The van der Waals surface area contributed by atoms with E-state index in [1.807, 2.05) is 57.2 Å². The molecule has 1 aliphatic carbocycles. The average Bonchev–Trinajstić information content (AvgIpc) is 4.04. The Labute approximate surface area is 362 Å². The molecule has 5 heterocycles. The maximum absolute atomic E-state index is 15.0. The third kappa shape index (κ3) is 5.22. The van der Waals surface area contributed by atoms with Gasteiger partial charge in [0, 0.05) is 71.6 Å². The van der Waals surface area contributed by atoms with Crippen LogP contribution in [0.5, 0.6) is 0 Å². The summed E-state index contributed by atoms with van der Waals surface area (Å²) in [6.45, 7) is 13.4. The number of benzene rings is 5. The maximum atomic E-state index is 15.0. The summed E-state index contributed by atoms with van der Waals surface area (Å²) in [5.41, 5.74) is 5.90. The second kappa shape index (κ2) is 14.0. The van der Waals surface area contributed by atoms with Crippen LogP contribution in [0.15, 0.2) is 48.5 Å². The van der Waals surface area contributed by atoms with Crippen molar-refractivity contribution in [2.24, 2.45) is 0 Å². The van der Waals surface area contributed by atoms with Gasteiger partial charge in [-0.15, -0.1) is 22.7 Å². The highest BCUT2D eigenvalue weighted by molar-refractivity contribution is 7.24. The Balaban J connectivity index is 1.21. The van der Waals surface area contributed by atoms with E-state index >= 15 is 0 Å². The minimum atomic E-state index is -0.984. The van der Waals surface area contributed by atoms with Crippen molar-refractivity contribution < 1.29 is 28.7 Å². The molecule has 2 atom stereocenters. The van der Waals surface area contributed by atoms with E-state index in [1.165, 1.54) is 14.7 Å². The van der Waals surface area contributed by atoms with E-state index in [-0.39, 0.29) is 35.7 Å². The van der Waals surface area contributed by atoms with Crippen LogP contribution in [0.4, 0.5) is 0 Å². The lowest BCUT2D eigenvalue weighted by atomic mass is 9.79. The lowest BCUT2D eigenvalue weighted by Crippen LogP contribution is -2.46. The summed E-state index contributed by atoms with van der Waals surface area (Å²) < 4.78 is 13.0. The molecule has 2 aromatic heterocycles. The summed E-state index contributed by atoms with van der Waals surface area (Å²) >= 11 is 3.41. The summed E-state index contributed by atoms with van der Waals surface area (Å²) in [6, 6.07) is 15.7. The molecule has 4 amide bonds. The molecule has 8 nitrogen and oxygen atoms in total. The number of amides is 4. The second-order valence-electron chi connectivity index (χ2n) is 17.7. The smallest absolute Gasteiger partial charge is 0.261 e. The van der Waals surface area contributed by atoms with Crippen molar-refractivity contribution in [2.45, 2.75) is 111 Å². The molecule has 0 N–H and O–H groups in total. The van der Waals surface area contributed by atoms with E-state index in [2.05, 4.69) is 32.9 Å². The number of unbranched alkanes of at least 4 members (excludes halogenated alkanes) is 4. The predicted octanol–water partition coefficient (Wildman–Crippen LogP) is 12.5. The third-order valence-corrected chi connectivity index (χ3v) is 16.3. The summed E-state index contributed by atoms with van der Waals surface area (Å²) in [5.74, 6) is -2.04. The standard InChI is InChI=1S/C51H48N2O6S2/c1-7-9-11-13-26(4)52-47(54)31-18-16-30-40-33(38-24-37-46(61-38)45-36(22-28(6)60-45)51(37)58-19-20-59-51)23-35-42-32(48(55)53(50(35)57)27(5)14-12-10-8-2)17-15-29(44(40)42)39-25(3)21-34(49(52)56)41(31)43(30)39/h15-18,21-24,26-27H,7-14,19-20H2,1-6H3. The normalized spacial score (nSPS) is 17.7. The number of fused-ring (bicyclic) bond motifs is 7. The molecular weight excluding hydrogens is 801 g/mol. The fraction of sp³-hybridized carbons (Fsp3) is 0.373. The molecule has 61 heavy (non-hydrogen) atoms. The van der Waals surface area contributed by atoms with Crippen molar-refractivity contribution in [3.8, 4) is 20.2 Å². The van der Waals surface area contributed by atoms with E-state index < -0.39 is 5.79 Å². The van der Waals surface area contributed by atoms with Crippen LogP contribution in [0, 0.1) is 13.8 Å². The van der Waals surface area contributed by atoms with Crippen LogP contribution in [0.1, 0.15) is 142 Å². The summed E-state index contributed by atoms with van der Waals surface area (Å²) in [5, 5.41) is 6.66. The van der Waals surface area contributed by atoms with Gasteiger partial charge >= 0.3 is 0 Å². The number of thiophene rings is 2. The Morgan fingerprint density at radius 1 is 0.574 bits per heavy atom. The third-order valence-electron chi connectivity index (χ3n) is 13.9. The summed E-state index contributed by atoms with van der Waals surface area (Å²) in [7, 11) is 0. The fourth-order valence-electron chi connectivity index (χ4n) is 11.1. The van der Waals surface area contributed by atoms with Crippen LogP contribution < -0.4 is 0 Å². The number of hydrogen-bond donors (Lipinski definition) is 0. The van der Waals surface area contributed by atoms with Crippen LogP contribution >= 0.6 is 22.7 Å². The highest BCUT2D eigenvalue weighted by Crippen LogP contribution is 2.60. The quantitative estimate of drug-likeness (QED) is 0.0557. The van der Waals surface area contributed by atoms with Gasteiger partial charge in [0.1, 0.15) is 0 Å². The number of carbonyl (C=O) groups excluding carboxylic acids is 4. The largest absolute Gasteiger partial charge is 0.340 e. The van der Waals surface area contributed by atoms with Crippen LogP contribution in [-0.4, -0.2) is 58.7 Å². The molecule has 1 spiro atoms. The number of carbonyl (C=O) groups is 4. The van der Waals surface area contributed by atoms with E-state index in [9.17, 15) is 19.2 Å². The van der Waals surface area contributed by atoms with Crippen LogP contribution in [-0.2, 0) is 15.3 Å². The minimum Gasteiger partial charge on any atom is -0.340 e. The van der Waals surface area contributed by atoms with E-state index in [0.717, 1.165) is 121 Å². The van der Waals surface area contributed by atoms with Crippen LogP contribution in [0.25, 0.3) is 63.3 Å². The van der Waals surface area contributed by atoms with Gasteiger partial charge in [0.15, 0.2) is 0 Å². The topological polar surface area (TPSA) is 93.2 Å². The molecule has 7 aromatic rings. The Kier molecular flexibility index (Phi) is 8.93. The van der Waals surface area contributed by atoms with Crippen molar-refractivity contribution in [2.75, 3.05) is 13.2 Å². The molecule has 1 saturated heterocycles. The summed E-state index contributed by atoms with van der Waals surface area (Å²) in [4.78, 5) is 66.0. The number of imide groups is 2. The number of aryl methyl sites for hydroxylation is 2. The van der Waals surface area contributed by atoms with Gasteiger partial charge in [-0.2, -0.15) is 0 Å². The number of hydrogen-bond acceptors (Lipinski definition) is 8. The zero-order valence-corrected chi connectivity index (χ0v) is 37.1. The minimum absolute atomic E-state index is 0.237.